The molecule has 2 amide bonds. The minimum Gasteiger partial charge on any atom is -0.481 e. The summed E-state index contributed by atoms with van der Waals surface area (Å²) < 4.78 is 0. The Labute approximate surface area is 120 Å². The van der Waals surface area contributed by atoms with Gasteiger partial charge in [-0.25, -0.2) is 4.79 Å². The number of hydrogen-bond donors (Lipinski definition) is 1. The molecular formula is C15H26N2O3. The van der Waals surface area contributed by atoms with E-state index in [1.54, 1.807) is 4.90 Å². The highest BCUT2D eigenvalue weighted by molar-refractivity contribution is 5.79. The molecule has 0 spiro atoms. The summed E-state index contributed by atoms with van der Waals surface area (Å²) in [4.78, 5) is 27.9. The van der Waals surface area contributed by atoms with Crippen LogP contribution in [-0.4, -0.2) is 52.6 Å². The van der Waals surface area contributed by atoms with Crippen LogP contribution in [0.2, 0.25) is 0 Å². The fourth-order valence-corrected chi connectivity index (χ4v) is 3.66. The van der Waals surface area contributed by atoms with Crippen molar-refractivity contribution >= 4 is 12.0 Å². The topological polar surface area (TPSA) is 60.9 Å². The Bertz CT molecular complexity index is 381. The quantitative estimate of drug-likeness (QED) is 0.865. The third kappa shape index (κ3) is 2.76. The van der Waals surface area contributed by atoms with Gasteiger partial charge in [0, 0.05) is 25.7 Å². The van der Waals surface area contributed by atoms with E-state index in [0.717, 1.165) is 32.2 Å². The molecule has 2 aliphatic rings. The Balaban J connectivity index is 2.09. The Morgan fingerprint density at radius 1 is 1.30 bits per heavy atom. The maximum atomic E-state index is 12.6. The van der Waals surface area contributed by atoms with Crippen molar-refractivity contribution in [1.29, 1.82) is 0 Å². The van der Waals surface area contributed by atoms with Gasteiger partial charge in [-0.3, -0.25) is 4.79 Å². The molecule has 0 aromatic carbocycles. The summed E-state index contributed by atoms with van der Waals surface area (Å²) in [6, 6.07) is 0.325. The summed E-state index contributed by atoms with van der Waals surface area (Å²) >= 11 is 0. The average molecular weight is 282 g/mol. The lowest BCUT2D eigenvalue weighted by molar-refractivity contribution is -0.152. The van der Waals surface area contributed by atoms with Crippen molar-refractivity contribution in [2.24, 2.45) is 5.41 Å². The number of likely N-dealkylation sites (tertiary alicyclic amines) is 2. The van der Waals surface area contributed by atoms with E-state index < -0.39 is 11.4 Å². The van der Waals surface area contributed by atoms with Crippen LogP contribution in [0.3, 0.4) is 0 Å². The number of amides is 2. The molecule has 2 unspecified atom stereocenters. The molecule has 2 fully saturated rings. The zero-order valence-corrected chi connectivity index (χ0v) is 12.6. The van der Waals surface area contributed by atoms with Crippen LogP contribution in [0.15, 0.2) is 0 Å². The van der Waals surface area contributed by atoms with Crippen LogP contribution in [0.5, 0.6) is 0 Å². The minimum absolute atomic E-state index is 0.0384. The molecular weight excluding hydrogens is 256 g/mol. The average Bonchev–Trinajstić information content (AvgIpc) is 2.84. The van der Waals surface area contributed by atoms with Gasteiger partial charge in [0.15, 0.2) is 0 Å². The summed E-state index contributed by atoms with van der Waals surface area (Å²) in [5, 5.41) is 9.59. The molecule has 2 rings (SSSR count). The fourth-order valence-electron chi connectivity index (χ4n) is 3.66. The number of rotatable bonds is 3. The molecule has 2 heterocycles. The molecule has 1 N–H and O–H groups in total. The van der Waals surface area contributed by atoms with Crippen LogP contribution in [0.1, 0.15) is 52.4 Å². The molecule has 2 saturated heterocycles. The number of carbonyl (C=O) groups excluding carboxylic acids is 1. The zero-order valence-electron chi connectivity index (χ0n) is 12.6. The lowest BCUT2D eigenvalue weighted by atomic mass is 9.76. The summed E-state index contributed by atoms with van der Waals surface area (Å²) in [6.07, 6.45) is 5.09. The van der Waals surface area contributed by atoms with Gasteiger partial charge in [-0.05, 0) is 39.0 Å². The second-order valence-electron chi connectivity index (χ2n) is 6.33. The highest BCUT2D eigenvalue weighted by Crippen LogP contribution is 2.36. The predicted octanol–water partition coefficient (Wildman–Crippen LogP) is 2.56. The van der Waals surface area contributed by atoms with Crippen molar-refractivity contribution in [1.82, 2.24) is 9.80 Å². The molecule has 0 aromatic rings. The van der Waals surface area contributed by atoms with Crippen LogP contribution in [0, 0.1) is 5.41 Å². The summed E-state index contributed by atoms with van der Waals surface area (Å²) in [5.41, 5.74) is -0.731. The molecule has 0 saturated carbocycles. The number of carboxylic acids is 1. The van der Waals surface area contributed by atoms with Gasteiger partial charge >= 0.3 is 12.0 Å². The summed E-state index contributed by atoms with van der Waals surface area (Å²) in [7, 11) is 0. The van der Waals surface area contributed by atoms with Gasteiger partial charge in [0.05, 0.1) is 5.41 Å². The van der Waals surface area contributed by atoms with Crippen molar-refractivity contribution in [2.45, 2.75) is 58.4 Å². The van der Waals surface area contributed by atoms with Gasteiger partial charge in [-0.15, -0.1) is 0 Å². The SMILES string of the molecule is CCCC1(C(=O)O)CCCN(C(=O)N2CCCC2C)C1. The maximum absolute atomic E-state index is 12.6. The van der Waals surface area contributed by atoms with Gasteiger partial charge in [0.2, 0.25) is 0 Å². The van der Waals surface area contributed by atoms with E-state index in [1.807, 2.05) is 11.8 Å². The third-order valence-corrected chi connectivity index (χ3v) is 4.83. The smallest absolute Gasteiger partial charge is 0.320 e. The van der Waals surface area contributed by atoms with Crippen molar-refractivity contribution in [3.05, 3.63) is 0 Å². The summed E-state index contributed by atoms with van der Waals surface area (Å²) in [6.45, 7) is 5.96. The van der Waals surface area contributed by atoms with Gasteiger partial charge in [0.25, 0.3) is 0 Å². The highest BCUT2D eigenvalue weighted by Gasteiger charge is 2.44. The van der Waals surface area contributed by atoms with E-state index in [1.165, 1.54) is 0 Å². The van der Waals surface area contributed by atoms with Gasteiger partial charge in [-0.2, -0.15) is 0 Å². The standard InChI is InChI=1S/C15H26N2O3/c1-3-7-15(13(18)19)8-5-9-16(11-15)14(20)17-10-4-6-12(17)2/h12H,3-11H2,1-2H3,(H,18,19). The van der Waals surface area contributed by atoms with Crippen molar-refractivity contribution in [2.75, 3.05) is 19.6 Å². The van der Waals surface area contributed by atoms with Crippen molar-refractivity contribution < 1.29 is 14.7 Å². The molecule has 0 bridgehead atoms. The molecule has 2 atom stereocenters. The molecule has 0 aliphatic carbocycles. The first-order valence-corrected chi connectivity index (χ1v) is 7.79. The Morgan fingerprint density at radius 3 is 2.60 bits per heavy atom. The first kappa shape index (κ1) is 15.1. The number of piperidine rings is 1. The molecule has 2 aliphatic heterocycles. The van der Waals surface area contributed by atoms with Crippen LogP contribution >= 0.6 is 0 Å². The minimum atomic E-state index is -0.744. The highest BCUT2D eigenvalue weighted by atomic mass is 16.4. The Morgan fingerprint density at radius 2 is 2.05 bits per heavy atom. The van der Waals surface area contributed by atoms with E-state index in [9.17, 15) is 14.7 Å². The number of hydrogen-bond acceptors (Lipinski definition) is 2. The molecule has 5 nitrogen and oxygen atoms in total. The van der Waals surface area contributed by atoms with Crippen LogP contribution in [0.4, 0.5) is 4.79 Å². The summed E-state index contributed by atoms with van der Waals surface area (Å²) in [5.74, 6) is -0.744. The van der Waals surface area contributed by atoms with E-state index >= 15 is 0 Å². The second-order valence-corrected chi connectivity index (χ2v) is 6.33. The number of urea groups is 1. The maximum Gasteiger partial charge on any atom is 0.320 e. The molecule has 114 valence electrons. The van der Waals surface area contributed by atoms with Crippen molar-refractivity contribution in [3.63, 3.8) is 0 Å². The fraction of sp³-hybridized carbons (Fsp3) is 0.867. The number of nitrogens with zero attached hydrogens (tertiary/aromatic N) is 2. The van der Waals surface area contributed by atoms with Crippen LogP contribution in [0.25, 0.3) is 0 Å². The molecule has 20 heavy (non-hydrogen) atoms. The number of aliphatic carboxylic acids is 1. The van der Waals surface area contributed by atoms with E-state index in [0.29, 0.717) is 25.9 Å². The Hall–Kier alpha value is -1.26. The molecule has 0 radical (unpaired) electrons. The number of carbonyl (C=O) groups is 2. The van der Waals surface area contributed by atoms with Gasteiger partial charge in [0.1, 0.15) is 0 Å². The lowest BCUT2D eigenvalue weighted by Gasteiger charge is -2.41. The Kier molecular flexibility index (Phi) is 4.55. The van der Waals surface area contributed by atoms with Crippen LogP contribution in [-0.2, 0) is 4.79 Å². The van der Waals surface area contributed by atoms with Gasteiger partial charge < -0.3 is 14.9 Å². The van der Waals surface area contributed by atoms with Gasteiger partial charge in [-0.1, -0.05) is 13.3 Å². The normalized spacial score (nSPS) is 30.6. The largest absolute Gasteiger partial charge is 0.481 e. The first-order valence-electron chi connectivity index (χ1n) is 7.79. The van der Waals surface area contributed by atoms with Crippen LogP contribution < -0.4 is 0 Å². The van der Waals surface area contributed by atoms with Crippen molar-refractivity contribution in [3.8, 4) is 0 Å². The van der Waals surface area contributed by atoms with E-state index in [-0.39, 0.29) is 12.1 Å². The monoisotopic (exact) mass is 282 g/mol. The number of carboxylic acid groups (broad SMARTS) is 1. The third-order valence-electron chi connectivity index (χ3n) is 4.83. The van der Waals surface area contributed by atoms with E-state index in [2.05, 4.69) is 6.92 Å². The lowest BCUT2D eigenvalue weighted by Crippen LogP contribution is -2.54. The predicted molar refractivity (Wildman–Crippen MR) is 76.6 cm³/mol. The first-order chi connectivity index (χ1) is 9.50. The second kappa shape index (κ2) is 6.02. The molecule has 5 heteroatoms. The molecule has 0 aromatic heterocycles. The van der Waals surface area contributed by atoms with E-state index in [4.69, 9.17) is 0 Å². The zero-order chi connectivity index (χ0) is 14.8.